The van der Waals surface area contributed by atoms with Crippen LogP contribution in [0.3, 0.4) is 0 Å². The number of rotatable bonds is 4. The predicted octanol–water partition coefficient (Wildman–Crippen LogP) is 5.63. The zero-order valence-corrected chi connectivity index (χ0v) is 15.9. The molecule has 1 heterocycles. The van der Waals surface area contributed by atoms with Gasteiger partial charge >= 0.3 is 0 Å². The van der Waals surface area contributed by atoms with Gasteiger partial charge in [-0.1, -0.05) is 23.7 Å². The minimum absolute atomic E-state index is 0.132. The van der Waals surface area contributed by atoms with Crippen molar-refractivity contribution in [2.45, 2.75) is 18.7 Å². The van der Waals surface area contributed by atoms with Crippen LogP contribution < -0.4 is 4.72 Å². The summed E-state index contributed by atoms with van der Waals surface area (Å²) in [6, 6.07) is 11.2. The van der Waals surface area contributed by atoms with E-state index in [2.05, 4.69) is 4.72 Å². The van der Waals surface area contributed by atoms with E-state index in [1.807, 2.05) is 0 Å². The molecule has 0 fully saturated rings. The summed E-state index contributed by atoms with van der Waals surface area (Å²) in [5.41, 5.74) is 2.21. The van der Waals surface area contributed by atoms with Crippen LogP contribution in [0.5, 0.6) is 0 Å². The summed E-state index contributed by atoms with van der Waals surface area (Å²) in [6.07, 6.45) is 0. The van der Waals surface area contributed by atoms with Gasteiger partial charge in [-0.2, -0.15) is 0 Å². The molecule has 0 aliphatic heterocycles. The second-order valence-corrected chi connectivity index (χ2v) is 8.57. The smallest absolute Gasteiger partial charge is 0.262 e. The minimum atomic E-state index is -3.79. The topological polar surface area (TPSA) is 46.2 Å². The Morgan fingerprint density at radius 3 is 2.60 bits per heavy atom. The molecule has 0 radical (unpaired) electrons. The SMILES string of the molecule is Cc1cc(-c2sccc2NS(=O)(=O)c2cccc(Cl)c2C)ccc1F. The van der Waals surface area contributed by atoms with Crippen LogP contribution in [0.1, 0.15) is 11.1 Å². The first-order valence-electron chi connectivity index (χ1n) is 7.41. The van der Waals surface area contributed by atoms with Gasteiger partial charge in [-0.05, 0) is 66.2 Å². The maximum absolute atomic E-state index is 13.5. The largest absolute Gasteiger partial charge is 0.278 e. The van der Waals surface area contributed by atoms with Crippen LogP contribution in [-0.4, -0.2) is 8.42 Å². The lowest BCUT2D eigenvalue weighted by atomic mass is 10.1. The lowest BCUT2D eigenvalue weighted by molar-refractivity contribution is 0.600. The number of sulfonamides is 1. The molecule has 25 heavy (non-hydrogen) atoms. The summed E-state index contributed by atoms with van der Waals surface area (Å²) in [6.45, 7) is 3.33. The highest BCUT2D eigenvalue weighted by molar-refractivity contribution is 7.92. The number of thiophene rings is 1. The monoisotopic (exact) mass is 395 g/mol. The van der Waals surface area contributed by atoms with Gasteiger partial charge in [-0.25, -0.2) is 12.8 Å². The summed E-state index contributed by atoms with van der Waals surface area (Å²) in [5, 5.41) is 2.18. The van der Waals surface area contributed by atoms with Gasteiger partial charge in [0.25, 0.3) is 10.0 Å². The van der Waals surface area contributed by atoms with Crippen LogP contribution in [0.25, 0.3) is 10.4 Å². The van der Waals surface area contributed by atoms with Gasteiger partial charge in [0.05, 0.1) is 15.5 Å². The number of hydrogen-bond donors (Lipinski definition) is 1. The van der Waals surface area contributed by atoms with Crippen LogP contribution in [0.2, 0.25) is 5.02 Å². The molecule has 0 bridgehead atoms. The highest BCUT2D eigenvalue weighted by Gasteiger charge is 2.20. The fourth-order valence-corrected chi connectivity index (χ4v) is 4.96. The van der Waals surface area contributed by atoms with E-state index < -0.39 is 10.0 Å². The van der Waals surface area contributed by atoms with E-state index in [0.29, 0.717) is 21.8 Å². The Morgan fingerprint density at radius 1 is 1.12 bits per heavy atom. The number of aryl methyl sites for hydroxylation is 1. The lowest BCUT2D eigenvalue weighted by Crippen LogP contribution is -2.14. The molecule has 1 aromatic heterocycles. The Balaban J connectivity index is 2.01. The van der Waals surface area contributed by atoms with Crippen molar-refractivity contribution in [2.75, 3.05) is 4.72 Å². The molecule has 130 valence electrons. The van der Waals surface area contributed by atoms with E-state index in [9.17, 15) is 12.8 Å². The molecule has 0 unspecified atom stereocenters. The van der Waals surface area contributed by atoms with E-state index in [1.54, 1.807) is 49.6 Å². The first kappa shape index (κ1) is 17.9. The lowest BCUT2D eigenvalue weighted by Gasteiger charge is -2.12. The third-order valence-corrected chi connectivity index (χ3v) is 6.72. The Bertz CT molecular complexity index is 1040. The Morgan fingerprint density at radius 2 is 1.88 bits per heavy atom. The van der Waals surface area contributed by atoms with Crippen molar-refractivity contribution in [2.24, 2.45) is 0 Å². The highest BCUT2D eigenvalue weighted by Crippen LogP contribution is 2.36. The van der Waals surface area contributed by atoms with E-state index >= 15 is 0 Å². The molecular formula is C18H15ClFNO2S2. The Hall–Kier alpha value is -1.89. The maximum atomic E-state index is 13.5. The molecule has 0 saturated heterocycles. The predicted molar refractivity (Wildman–Crippen MR) is 101 cm³/mol. The summed E-state index contributed by atoms with van der Waals surface area (Å²) < 4.78 is 41.6. The van der Waals surface area contributed by atoms with Gasteiger partial charge < -0.3 is 0 Å². The van der Waals surface area contributed by atoms with Crippen LogP contribution in [0, 0.1) is 19.7 Å². The molecule has 0 aliphatic rings. The van der Waals surface area contributed by atoms with Gasteiger partial charge in [-0.3, -0.25) is 4.72 Å². The molecule has 0 saturated carbocycles. The third kappa shape index (κ3) is 3.56. The average molecular weight is 396 g/mol. The fourth-order valence-electron chi connectivity index (χ4n) is 2.48. The van der Waals surface area contributed by atoms with Crippen LogP contribution in [0.4, 0.5) is 10.1 Å². The average Bonchev–Trinajstić information content (AvgIpc) is 3.00. The highest BCUT2D eigenvalue weighted by atomic mass is 35.5. The molecular weight excluding hydrogens is 381 g/mol. The van der Waals surface area contributed by atoms with Crippen LogP contribution >= 0.6 is 22.9 Å². The van der Waals surface area contributed by atoms with E-state index in [4.69, 9.17) is 11.6 Å². The molecule has 0 aliphatic carbocycles. The standard InChI is InChI=1S/C18H15ClFNO2S2/c1-11-10-13(6-7-15(11)20)18-16(8-9-24-18)21-25(22,23)17-5-3-4-14(19)12(17)2/h3-10,21H,1-2H3. The third-order valence-electron chi connectivity index (χ3n) is 3.84. The van der Waals surface area contributed by atoms with Crippen molar-refractivity contribution < 1.29 is 12.8 Å². The zero-order chi connectivity index (χ0) is 18.2. The number of hydrogen-bond acceptors (Lipinski definition) is 3. The molecule has 3 rings (SSSR count). The molecule has 0 amide bonds. The minimum Gasteiger partial charge on any atom is -0.278 e. The molecule has 1 N–H and O–H groups in total. The summed E-state index contributed by atoms with van der Waals surface area (Å²) in [4.78, 5) is 0.860. The summed E-state index contributed by atoms with van der Waals surface area (Å²) in [7, 11) is -3.79. The molecule has 0 atom stereocenters. The second-order valence-electron chi connectivity index (χ2n) is 5.60. The van der Waals surface area contributed by atoms with E-state index in [1.165, 1.54) is 23.5 Å². The summed E-state index contributed by atoms with van der Waals surface area (Å²) in [5.74, 6) is -0.294. The molecule has 3 nitrogen and oxygen atoms in total. The fraction of sp³-hybridized carbons (Fsp3) is 0.111. The van der Waals surface area contributed by atoms with Gasteiger partial charge in [0.1, 0.15) is 5.82 Å². The first-order valence-corrected chi connectivity index (χ1v) is 10.2. The summed E-state index contributed by atoms with van der Waals surface area (Å²) >= 11 is 7.42. The van der Waals surface area contributed by atoms with Crippen molar-refractivity contribution in [3.8, 4) is 10.4 Å². The number of nitrogens with one attached hydrogen (secondary N) is 1. The molecule has 3 aromatic rings. The van der Waals surface area contributed by atoms with Crippen molar-refractivity contribution in [3.05, 3.63) is 69.8 Å². The van der Waals surface area contributed by atoms with Gasteiger partial charge in [0.15, 0.2) is 0 Å². The van der Waals surface area contributed by atoms with Gasteiger partial charge in [0, 0.05) is 5.02 Å². The van der Waals surface area contributed by atoms with E-state index in [-0.39, 0.29) is 10.7 Å². The van der Waals surface area contributed by atoms with Crippen LogP contribution in [-0.2, 0) is 10.0 Å². The normalized spacial score (nSPS) is 11.5. The van der Waals surface area contributed by atoms with Gasteiger partial charge in [-0.15, -0.1) is 11.3 Å². The number of anilines is 1. The van der Waals surface area contributed by atoms with Gasteiger partial charge in [0.2, 0.25) is 0 Å². The van der Waals surface area contributed by atoms with Crippen molar-refractivity contribution in [1.82, 2.24) is 0 Å². The van der Waals surface area contributed by atoms with Crippen molar-refractivity contribution in [1.29, 1.82) is 0 Å². The maximum Gasteiger partial charge on any atom is 0.262 e. The second kappa shape index (κ2) is 6.78. The van der Waals surface area contributed by atoms with Crippen molar-refractivity contribution in [3.63, 3.8) is 0 Å². The number of halogens is 2. The first-order chi connectivity index (χ1) is 11.8. The zero-order valence-electron chi connectivity index (χ0n) is 13.5. The molecule has 0 spiro atoms. The quantitative estimate of drug-likeness (QED) is 0.622. The number of benzene rings is 2. The Labute approximate surface area is 155 Å². The molecule has 7 heteroatoms. The van der Waals surface area contributed by atoms with E-state index in [0.717, 1.165) is 10.4 Å². The van der Waals surface area contributed by atoms with Crippen LogP contribution in [0.15, 0.2) is 52.7 Å². The molecule has 2 aromatic carbocycles. The van der Waals surface area contributed by atoms with Crippen molar-refractivity contribution >= 4 is 38.6 Å². The Kier molecular flexibility index (Phi) is 4.86.